The molecule has 2 aromatic rings. The van der Waals surface area contributed by atoms with E-state index in [2.05, 4.69) is 51.3 Å². The Morgan fingerprint density at radius 3 is 3.10 bits per heavy atom. The number of nitrogens with zero attached hydrogens (tertiary/aromatic N) is 3. The molecule has 2 heterocycles. The van der Waals surface area contributed by atoms with Crippen molar-refractivity contribution in [1.82, 2.24) is 14.8 Å². The Morgan fingerprint density at radius 1 is 1.25 bits per heavy atom. The van der Waals surface area contributed by atoms with Crippen LogP contribution in [0.3, 0.4) is 0 Å². The lowest BCUT2D eigenvalue weighted by Crippen LogP contribution is -2.04. The van der Waals surface area contributed by atoms with Crippen molar-refractivity contribution in [2.75, 3.05) is 5.32 Å². The summed E-state index contributed by atoms with van der Waals surface area (Å²) in [6.45, 7) is 3.90. The molecule has 4 nitrogen and oxygen atoms in total. The summed E-state index contributed by atoms with van der Waals surface area (Å²) in [5.74, 6) is 2.06. The lowest BCUT2D eigenvalue weighted by atomic mass is 10.1. The molecule has 4 heteroatoms. The Bertz CT molecular complexity index is 550. The van der Waals surface area contributed by atoms with E-state index < -0.39 is 0 Å². The predicted octanol–water partition coefficient (Wildman–Crippen LogP) is 3.18. The van der Waals surface area contributed by atoms with Crippen LogP contribution < -0.4 is 5.32 Å². The second kappa shape index (κ2) is 6.07. The molecule has 0 saturated carbocycles. The Labute approximate surface area is 120 Å². The van der Waals surface area contributed by atoms with Gasteiger partial charge >= 0.3 is 0 Å². The van der Waals surface area contributed by atoms with Gasteiger partial charge in [-0.05, 0) is 37.0 Å². The molecule has 0 bridgehead atoms. The third-order valence-electron chi connectivity index (χ3n) is 3.85. The second-order valence-electron chi connectivity index (χ2n) is 5.39. The first-order chi connectivity index (χ1) is 9.85. The molecule has 0 radical (unpaired) electrons. The number of nitrogens with one attached hydrogen (secondary N) is 1. The van der Waals surface area contributed by atoms with Crippen molar-refractivity contribution in [2.45, 2.75) is 52.1 Å². The second-order valence-corrected chi connectivity index (χ2v) is 5.39. The Kier molecular flexibility index (Phi) is 4.00. The number of anilines is 1. The fraction of sp³-hybridized carbons (Fsp3) is 0.500. The number of fused-ring (bicyclic) bond motifs is 1. The van der Waals surface area contributed by atoms with Crippen LogP contribution >= 0.6 is 0 Å². The van der Waals surface area contributed by atoms with Crippen LogP contribution in [0.1, 0.15) is 43.4 Å². The highest BCUT2D eigenvalue weighted by Crippen LogP contribution is 2.14. The van der Waals surface area contributed by atoms with Gasteiger partial charge in [-0.3, -0.25) is 0 Å². The lowest BCUT2D eigenvalue weighted by molar-refractivity contribution is 0.570. The minimum absolute atomic E-state index is 0.702. The van der Waals surface area contributed by atoms with Crippen LogP contribution in [-0.4, -0.2) is 14.8 Å². The van der Waals surface area contributed by atoms with Crippen molar-refractivity contribution < 1.29 is 0 Å². The first kappa shape index (κ1) is 13.2. The van der Waals surface area contributed by atoms with E-state index >= 15 is 0 Å². The number of rotatable bonds is 4. The molecule has 1 aliphatic rings. The standard InChI is InChI=1S/C16H22N4/c1-2-13-7-6-8-14(11-13)17-12-15-18-16-9-4-3-5-10-20(16)19-15/h6-8,11,17H,2-5,9-10,12H2,1H3. The van der Waals surface area contributed by atoms with Crippen molar-refractivity contribution >= 4 is 5.69 Å². The van der Waals surface area contributed by atoms with Gasteiger partial charge in [0.2, 0.25) is 0 Å². The summed E-state index contributed by atoms with van der Waals surface area (Å²) in [6.07, 6.45) is 5.89. The maximum atomic E-state index is 4.66. The zero-order valence-electron chi connectivity index (χ0n) is 12.1. The van der Waals surface area contributed by atoms with Gasteiger partial charge in [0.15, 0.2) is 5.82 Å². The molecular formula is C16H22N4. The number of aryl methyl sites for hydroxylation is 3. The van der Waals surface area contributed by atoms with Crippen molar-refractivity contribution in [3.8, 4) is 0 Å². The molecule has 0 saturated heterocycles. The molecule has 1 aromatic carbocycles. The quantitative estimate of drug-likeness (QED) is 0.928. The number of benzene rings is 1. The minimum atomic E-state index is 0.702. The average Bonchev–Trinajstić information content (AvgIpc) is 2.75. The first-order valence-electron chi connectivity index (χ1n) is 7.60. The van der Waals surface area contributed by atoms with Gasteiger partial charge in [-0.15, -0.1) is 0 Å². The molecule has 1 aromatic heterocycles. The van der Waals surface area contributed by atoms with E-state index in [1.807, 2.05) is 0 Å². The number of aromatic nitrogens is 3. The molecule has 3 rings (SSSR count). The van der Waals surface area contributed by atoms with Crippen LogP contribution in [0.15, 0.2) is 24.3 Å². The fourth-order valence-electron chi connectivity index (χ4n) is 2.67. The van der Waals surface area contributed by atoms with Crippen LogP contribution in [-0.2, 0) is 25.9 Å². The van der Waals surface area contributed by atoms with E-state index in [-0.39, 0.29) is 0 Å². The third-order valence-corrected chi connectivity index (χ3v) is 3.85. The van der Waals surface area contributed by atoms with Crippen LogP contribution in [0.5, 0.6) is 0 Å². The van der Waals surface area contributed by atoms with E-state index in [9.17, 15) is 0 Å². The average molecular weight is 270 g/mol. The summed E-state index contributed by atoms with van der Waals surface area (Å²) in [5.41, 5.74) is 2.50. The van der Waals surface area contributed by atoms with Gasteiger partial charge in [0.05, 0.1) is 6.54 Å². The van der Waals surface area contributed by atoms with Gasteiger partial charge in [-0.1, -0.05) is 25.5 Å². The molecule has 1 N–H and O–H groups in total. The van der Waals surface area contributed by atoms with Gasteiger partial charge < -0.3 is 5.32 Å². The molecule has 1 aliphatic heterocycles. The van der Waals surface area contributed by atoms with Crippen LogP contribution in [0.25, 0.3) is 0 Å². The molecule has 0 spiro atoms. The fourth-order valence-corrected chi connectivity index (χ4v) is 2.67. The summed E-state index contributed by atoms with van der Waals surface area (Å²) in [6, 6.07) is 8.54. The topological polar surface area (TPSA) is 42.7 Å². The molecule has 0 unspecified atom stereocenters. The maximum absolute atomic E-state index is 4.66. The SMILES string of the molecule is CCc1cccc(NCc2nc3n(n2)CCCCC3)c1. The molecular weight excluding hydrogens is 248 g/mol. The molecule has 20 heavy (non-hydrogen) atoms. The third kappa shape index (κ3) is 3.00. The van der Waals surface area contributed by atoms with Crippen molar-refractivity contribution in [2.24, 2.45) is 0 Å². The molecule has 106 valence electrons. The highest BCUT2D eigenvalue weighted by Gasteiger charge is 2.12. The van der Waals surface area contributed by atoms with Crippen molar-refractivity contribution in [1.29, 1.82) is 0 Å². The smallest absolute Gasteiger partial charge is 0.169 e. The Hall–Kier alpha value is -1.84. The Balaban J connectivity index is 1.66. The molecule has 0 atom stereocenters. The summed E-state index contributed by atoms with van der Waals surface area (Å²) in [5, 5.41) is 8.03. The normalized spacial score (nSPS) is 14.7. The first-order valence-corrected chi connectivity index (χ1v) is 7.60. The predicted molar refractivity (Wildman–Crippen MR) is 80.7 cm³/mol. The number of hydrogen-bond acceptors (Lipinski definition) is 3. The van der Waals surface area contributed by atoms with Gasteiger partial charge in [-0.25, -0.2) is 9.67 Å². The van der Waals surface area contributed by atoms with E-state index in [1.165, 1.54) is 24.8 Å². The largest absolute Gasteiger partial charge is 0.378 e. The summed E-state index contributed by atoms with van der Waals surface area (Å²) in [7, 11) is 0. The van der Waals surface area contributed by atoms with Crippen molar-refractivity contribution in [3.05, 3.63) is 41.5 Å². The van der Waals surface area contributed by atoms with Crippen LogP contribution in [0.2, 0.25) is 0 Å². The maximum Gasteiger partial charge on any atom is 0.169 e. The van der Waals surface area contributed by atoms with Crippen LogP contribution in [0, 0.1) is 0 Å². The Morgan fingerprint density at radius 2 is 2.20 bits per heavy atom. The summed E-state index contributed by atoms with van der Waals surface area (Å²) >= 11 is 0. The van der Waals surface area contributed by atoms with Crippen LogP contribution in [0.4, 0.5) is 5.69 Å². The number of hydrogen-bond donors (Lipinski definition) is 1. The monoisotopic (exact) mass is 270 g/mol. The summed E-state index contributed by atoms with van der Waals surface area (Å²) in [4.78, 5) is 4.66. The van der Waals surface area contributed by atoms with Crippen molar-refractivity contribution in [3.63, 3.8) is 0 Å². The highest BCUT2D eigenvalue weighted by molar-refractivity contribution is 5.45. The molecule has 0 aliphatic carbocycles. The lowest BCUT2D eigenvalue weighted by Gasteiger charge is -2.05. The van der Waals surface area contributed by atoms with Gasteiger partial charge in [0, 0.05) is 18.7 Å². The zero-order valence-corrected chi connectivity index (χ0v) is 12.1. The van der Waals surface area contributed by atoms with E-state index in [1.54, 1.807) is 0 Å². The van der Waals surface area contributed by atoms with Gasteiger partial charge in [0.25, 0.3) is 0 Å². The highest BCUT2D eigenvalue weighted by atomic mass is 15.4. The molecule has 0 fully saturated rings. The van der Waals surface area contributed by atoms with E-state index in [0.717, 1.165) is 36.7 Å². The van der Waals surface area contributed by atoms with Gasteiger partial charge in [-0.2, -0.15) is 5.10 Å². The van der Waals surface area contributed by atoms with Gasteiger partial charge in [0.1, 0.15) is 5.82 Å². The minimum Gasteiger partial charge on any atom is -0.378 e. The summed E-state index contributed by atoms with van der Waals surface area (Å²) < 4.78 is 2.09. The zero-order chi connectivity index (χ0) is 13.8. The van der Waals surface area contributed by atoms with E-state index in [4.69, 9.17) is 0 Å². The van der Waals surface area contributed by atoms with E-state index in [0.29, 0.717) is 6.54 Å². The molecule has 0 amide bonds.